The SMILES string of the molecule is Cc1ccc(NC(=O)c2ccccc2N2C(N)=NC(N)=NC23CCCCC3)c(C)c1. The third kappa shape index (κ3) is 3.63. The fraction of sp³-hybridized carbons (Fsp3) is 0.348. The molecule has 0 atom stereocenters. The number of aliphatic imine (C=N–C) groups is 2. The van der Waals surface area contributed by atoms with Crippen LogP contribution in [0.2, 0.25) is 0 Å². The number of nitrogens with two attached hydrogens (primary N) is 2. The van der Waals surface area contributed by atoms with E-state index in [1.54, 1.807) is 6.07 Å². The Labute approximate surface area is 176 Å². The summed E-state index contributed by atoms with van der Waals surface area (Å²) in [6, 6.07) is 13.4. The van der Waals surface area contributed by atoms with Gasteiger partial charge in [-0.05, 0) is 63.3 Å². The topological polar surface area (TPSA) is 109 Å². The summed E-state index contributed by atoms with van der Waals surface area (Å²) in [5.74, 6) is 0.276. The van der Waals surface area contributed by atoms with Gasteiger partial charge in [0.25, 0.3) is 5.91 Å². The van der Waals surface area contributed by atoms with Crippen molar-refractivity contribution < 1.29 is 4.79 Å². The molecule has 1 heterocycles. The minimum absolute atomic E-state index is 0.196. The Morgan fingerprint density at radius 2 is 1.80 bits per heavy atom. The monoisotopic (exact) mass is 404 g/mol. The first-order valence-electron chi connectivity index (χ1n) is 10.4. The zero-order valence-corrected chi connectivity index (χ0v) is 17.5. The highest BCUT2D eigenvalue weighted by Gasteiger charge is 2.43. The van der Waals surface area contributed by atoms with Gasteiger partial charge in [-0.3, -0.25) is 9.69 Å². The van der Waals surface area contributed by atoms with Gasteiger partial charge in [0.2, 0.25) is 11.9 Å². The number of guanidine groups is 2. The molecule has 2 aliphatic rings. The van der Waals surface area contributed by atoms with Crippen LogP contribution < -0.4 is 21.7 Å². The number of benzene rings is 2. The Balaban J connectivity index is 1.73. The second-order valence-corrected chi connectivity index (χ2v) is 8.11. The van der Waals surface area contributed by atoms with E-state index < -0.39 is 5.66 Å². The molecule has 1 aliphatic heterocycles. The van der Waals surface area contributed by atoms with Gasteiger partial charge in [-0.1, -0.05) is 36.2 Å². The Hall–Kier alpha value is -3.35. The number of amides is 1. The predicted octanol–water partition coefficient (Wildman–Crippen LogP) is 3.67. The summed E-state index contributed by atoms with van der Waals surface area (Å²) in [4.78, 5) is 24.1. The van der Waals surface area contributed by atoms with Crippen LogP contribution in [0.1, 0.15) is 53.6 Å². The van der Waals surface area contributed by atoms with Crippen molar-refractivity contribution in [3.63, 3.8) is 0 Å². The van der Waals surface area contributed by atoms with E-state index in [2.05, 4.69) is 10.3 Å². The molecule has 1 spiro atoms. The summed E-state index contributed by atoms with van der Waals surface area (Å²) in [6.07, 6.45) is 4.83. The van der Waals surface area contributed by atoms with E-state index in [1.165, 1.54) is 0 Å². The fourth-order valence-corrected chi connectivity index (χ4v) is 4.47. The first-order chi connectivity index (χ1) is 14.4. The molecule has 0 radical (unpaired) electrons. The van der Waals surface area contributed by atoms with E-state index in [1.807, 2.05) is 55.1 Å². The highest BCUT2D eigenvalue weighted by atomic mass is 16.1. The van der Waals surface area contributed by atoms with Crippen molar-refractivity contribution >= 4 is 29.2 Å². The standard InChI is InChI=1S/C23H28N6O/c1-15-10-11-18(16(2)14-15)26-20(30)17-8-4-5-9-19(17)29-22(25)27-21(24)28-23(29)12-6-3-7-13-23/h4-5,8-11,14H,3,6-7,12-13H2,1-2H3,(H,26,30)(H4,24,25,27,28). The largest absolute Gasteiger partial charge is 0.369 e. The Bertz CT molecular complexity index is 1040. The zero-order valence-electron chi connectivity index (χ0n) is 17.5. The first kappa shape index (κ1) is 19.9. The number of hydrogen-bond donors (Lipinski definition) is 3. The first-order valence-corrected chi connectivity index (χ1v) is 10.4. The fourth-order valence-electron chi connectivity index (χ4n) is 4.47. The van der Waals surface area contributed by atoms with Crippen LogP contribution in [-0.2, 0) is 0 Å². The molecular formula is C23H28N6O. The smallest absolute Gasteiger partial charge is 0.257 e. The van der Waals surface area contributed by atoms with Gasteiger partial charge < -0.3 is 16.8 Å². The number of carbonyl (C=O) groups is 1. The second kappa shape index (κ2) is 7.82. The van der Waals surface area contributed by atoms with Gasteiger partial charge in [-0.25, -0.2) is 4.99 Å². The number of para-hydroxylation sites is 1. The van der Waals surface area contributed by atoms with Crippen molar-refractivity contribution in [2.75, 3.05) is 10.2 Å². The van der Waals surface area contributed by atoms with Crippen LogP contribution in [0.15, 0.2) is 52.4 Å². The lowest BCUT2D eigenvalue weighted by Gasteiger charge is -2.46. The summed E-state index contributed by atoms with van der Waals surface area (Å²) >= 11 is 0. The summed E-state index contributed by atoms with van der Waals surface area (Å²) in [5.41, 5.74) is 15.9. The number of rotatable bonds is 3. The number of nitrogens with one attached hydrogen (secondary N) is 1. The van der Waals surface area contributed by atoms with Crippen molar-refractivity contribution in [1.82, 2.24) is 0 Å². The molecular weight excluding hydrogens is 376 g/mol. The number of hydrogen-bond acceptors (Lipinski definition) is 6. The van der Waals surface area contributed by atoms with Crippen molar-refractivity contribution in [2.24, 2.45) is 21.5 Å². The minimum atomic E-state index is -0.593. The van der Waals surface area contributed by atoms with Gasteiger partial charge >= 0.3 is 0 Å². The van der Waals surface area contributed by atoms with Crippen LogP contribution in [-0.4, -0.2) is 23.5 Å². The van der Waals surface area contributed by atoms with E-state index in [0.717, 1.165) is 48.9 Å². The van der Waals surface area contributed by atoms with E-state index in [-0.39, 0.29) is 17.8 Å². The van der Waals surface area contributed by atoms with Gasteiger partial charge in [0, 0.05) is 5.69 Å². The molecule has 30 heavy (non-hydrogen) atoms. The predicted molar refractivity (Wildman–Crippen MR) is 122 cm³/mol. The van der Waals surface area contributed by atoms with E-state index >= 15 is 0 Å². The van der Waals surface area contributed by atoms with Crippen LogP contribution in [0.4, 0.5) is 11.4 Å². The van der Waals surface area contributed by atoms with Gasteiger partial charge in [0.15, 0.2) is 0 Å². The van der Waals surface area contributed by atoms with Crippen LogP contribution >= 0.6 is 0 Å². The molecule has 7 nitrogen and oxygen atoms in total. The molecule has 156 valence electrons. The average Bonchev–Trinajstić information content (AvgIpc) is 2.70. The van der Waals surface area contributed by atoms with Crippen LogP contribution in [0.5, 0.6) is 0 Å². The second-order valence-electron chi connectivity index (χ2n) is 8.11. The van der Waals surface area contributed by atoms with E-state index in [9.17, 15) is 4.79 Å². The molecule has 5 N–H and O–H groups in total. The number of nitrogens with zero attached hydrogens (tertiary/aromatic N) is 3. The number of anilines is 2. The van der Waals surface area contributed by atoms with E-state index in [0.29, 0.717) is 11.3 Å². The maximum atomic E-state index is 13.3. The van der Waals surface area contributed by atoms with Gasteiger partial charge in [0.1, 0.15) is 5.66 Å². The molecule has 2 aromatic carbocycles. The molecule has 1 aliphatic carbocycles. The summed E-state index contributed by atoms with van der Waals surface area (Å²) in [5, 5.41) is 3.04. The lowest BCUT2D eigenvalue weighted by molar-refractivity contribution is 0.102. The normalized spacial score (nSPS) is 18.0. The van der Waals surface area contributed by atoms with E-state index in [4.69, 9.17) is 16.5 Å². The van der Waals surface area contributed by atoms with Crippen LogP contribution in [0, 0.1) is 13.8 Å². The Morgan fingerprint density at radius 1 is 1.07 bits per heavy atom. The average molecular weight is 405 g/mol. The van der Waals surface area contributed by atoms with Gasteiger partial charge in [-0.2, -0.15) is 4.99 Å². The third-order valence-electron chi connectivity index (χ3n) is 5.87. The molecule has 0 aromatic heterocycles. The minimum Gasteiger partial charge on any atom is -0.369 e. The zero-order chi connectivity index (χ0) is 21.3. The summed E-state index contributed by atoms with van der Waals surface area (Å²) < 4.78 is 0. The van der Waals surface area contributed by atoms with Crippen molar-refractivity contribution in [3.8, 4) is 0 Å². The highest BCUT2D eigenvalue weighted by Crippen LogP contribution is 2.40. The number of aryl methyl sites for hydroxylation is 2. The quantitative estimate of drug-likeness (QED) is 0.725. The molecule has 0 bridgehead atoms. The van der Waals surface area contributed by atoms with Crippen molar-refractivity contribution in [2.45, 2.75) is 51.6 Å². The maximum absolute atomic E-state index is 13.3. The summed E-state index contributed by atoms with van der Waals surface area (Å²) in [6.45, 7) is 4.01. The van der Waals surface area contributed by atoms with Crippen LogP contribution in [0.25, 0.3) is 0 Å². The molecule has 0 saturated heterocycles. The maximum Gasteiger partial charge on any atom is 0.257 e. The molecule has 1 amide bonds. The lowest BCUT2D eigenvalue weighted by atomic mass is 9.87. The molecule has 7 heteroatoms. The molecule has 4 rings (SSSR count). The van der Waals surface area contributed by atoms with Crippen LogP contribution in [0.3, 0.4) is 0 Å². The third-order valence-corrected chi connectivity index (χ3v) is 5.87. The highest BCUT2D eigenvalue weighted by molar-refractivity contribution is 6.13. The molecule has 1 saturated carbocycles. The van der Waals surface area contributed by atoms with Crippen molar-refractivity contribution in [3.05, 3.63) is 59.2 Å². The van der Waals surface area contributed by atoms with Gasteiger partial charge in [-0.15, -0.1) is 0 Å². The summed E-state index contributed by atoms with van der Waals surface area (Å²) in [7, 11) is 0. The lowest BCUT2D eigenvalue weighted by Crippen LogP contribution is -2.58. The molecule has 2 aromatic rings. The molecule has 1 fully saturated rings. The molecule has 0 unspecified atom stereocenters. The number of carbonyl (C=O) groups excluding carboxylic acids is 1. The Morgan fingerprint density at radius 3 is 2.53 bits per heavy atom. The Kier molecular flexibility index (Phi) is 5.20. The van der Waals surface area contributed by atoms with Crippen molar-refractivity contribution in [1.29, 1.82) is 0 Å². The van der Waals surface area contributed by atoms with Gasteiger partial charge in [0.05, 0.1) is 11.3 Å².